The molecule has 1 heterocycles. The Balaban J connectivity index is 1.96. The van der Waals surface area contributed by atoms with Gasteiger partial charge in [-0.1, -0.05) is 12.1 Å². The zero-order chi connectivity index (χ0) is 16.6. The number of fused-ring (bicyclic) bond motifs is 1. The van der Waals surface area contributed by atoms with E-state index in [-0.39, 0.29) is 23.0 Å². The van der Waals surface area contributed by atoms with Crippen LogP contribution in [0.5, 0.6) is 0 Å². The first kappa shape index (κ1) is 15.5. The predicted octanol–water partition coefficient (Wildman–Crippen LogP) is 2.54. The first-order chi connectivity index (χ1) is 10.9. The second kappa shape index (κ2) is 5.66. The fourth-order valence-electron chi connectivity index (χ4n) is 2.66. The monoisotopic (exact) mass is 334 g/mol. The molecule has 0 saturated heterocycles. The van der Waals surface area contributed by atoms with Gasteiger partial charge in [-0.25, -0.2) is 12.8 Å². The number of sulfonamides is 1. The van der Waals surface area contributed by atoms with E-state index in [4.69, 9.17) is 0 Å². The maximum atomic E-state index is 14.0. The van der Waals surface area contributed by atoms with Crippen LogP contribution < -0.4 is 9.62 Å². The Labute approximate surface area is 133 Å². The summed E-state index contributed by atoms with van der Waals surface area (Å²) in [6.07, 6.45) is 0.482. The molecule has 23 heavy (non-hydrogen) atoms. The first-order valence-electron chi connectivity index (χ1n) is 7.07. The van der Waals surface area contributed by atoms with E-state index < -0.39 is 15.8 Å². The van der Waals surface area contributed by atoms with Gasteiger partial charge in [-0.05, 0) is 42.3 Å². The number of hydrogen-bond acceptors (Lipinski definition) is 3. The second-order valence-electron chi connectivity index (χ2n) is 5.28. The van der Waals surface area contributed by atoms with Crippen LogP contribution in [0.4, 0.5) is 15.8 Å². The van der Waals surface area contributed by atoms with E-state index in [1.54, 1.807) is 12.1 Å². The third kappa shape index (κ3) is 2.79. The summed E-state index contributed by atoms with van der Waals surface area (Å²) in [6, 6.07) is 10.4. The van der Waals surface area contributed by atoms with Gasteiger partial charge >= 0.3 is 0 Å². The topological polar surface area (TPSA) is 66.5 Å². The number of nitrogens with zero attached hydrogens (tertiary/aromatic N) is 1. The molecular formula is C16H15FN2O3S. The van der Waals surface area contributed by atoms with Gasteiger partial charge in [0.2, 0.25) is 5.91 Å². The smallest absolute Gasteiger partial charge is 0.264 e. The summed E-state index contributed by atoms with van der Waals surface area (Å²) in [6.45, 7) is 1.58. The molecule has 7 heteroatoms. The Kier molecular flexibility index (Phi) is 3.81. The zero-order valence-corrected chi connectivity index (χ0v) is 13.2. The molecule has 1 aliphatic heterocycles. The minimum atomic E-state index is -3.84. The Bertz CT molecular complexity index is 863. The number of para-hydroxylation sites is 1. The van der Waals surface area contributed by atoms with Crippen molar-refractivity contribution in [3.8, 4) is 0 Å². The van der Waals surface area contributed by atoms with Crippen molar-refractivity contribution in [3.63, 3.8) is 0 Å². The normalized spacial score (nSPS) is 13.7. The van der Waals surface area contributed by atoms with Gasteiger partial charge in [0.05, 0.1) is 10.6 Å². The van der Waals surface area contributed by atoms with Crippen LogP contribution in [-0.2, 0) is 21.2 Å². The quantitative estimate of drug-likeness (QED) is 0.938. The molecule has 0 aromatic heterocycles. The summed E-state index contributed by atoms with van der Waals surface area (Å²) in [5.74, 6) is -0.783. The lowest BCUT2D eigenvalue weighted by Gasteiger charge is -2.20. The second-order valence-corrected chi connectivity index (χ2v) is 7.14. The Hall–Kier alpha value is -2.41. The summed E-state index contributed by atoms with van der Waals surface area (Å²) in [4.78, 5) is 11.1. The standard InChI is InChI=1S/C16H15FN2O3S/c1-11(20)18-13-5-7-14(8-6-13)23(21,22)19-10-9-12-3-2-4-15(17)16(12)19/h2-8H,9-10H2,1H3,(H,18,20). The van der Waals surface area contributed by atoms with Crippen molar-refractivity contribution in [1.82, 2.24) is 0 Å². The molecule has 0 atom stereocenters. The molecule has 0 bridgehead atoms. The molecule has 3 rings (SSSR count). The number of amides is 1. The largest absolute Gasteiger partial charge is 0.326 e. The lowest BCUT2D eigenvalue weighted by molar-refractivity contribution is -0.114. The number of rotatable bonds is 3. The van der Waals surface area contributed by atoms with Crippen molar-refractivity contribution in [2.75, 3.05) is 16.2 Å². The fourth-order valence-corrected chi connectivity index (χ4v) is 4.17. The summed E-state index contributed by atoms with van der Waals surface area (Å²) >= 11 is 0. The van der Waals surface area contributed by atoms with Gasteiger partial charge in [-0.3, -0.25) is 9.10 Å². The Morgan fingerprint density at radius 2 is 1.87 bits per heavy atom. The summed E-state index contributed by atoms with van der Waals surface area (Å²) in [5, 5.41) is 2.57. The number of anilines is 2. The van der Waals surface area contributed by atoms with Crippen molar-refractivity contribution < 1.29 is 17.6 Å². The highest BCUT2D eigenvalue weighted by molar-refractivity contribution is 7.92. The minimum absolute atomic E-state index is 0.0581. The SMILES string of the molecule is CC(=O)Nc1ccc(S(=O)(=O)N2CCc3cccc(F)c32)cc1. The number of carbonyl (C=O) groups is 1. The van der Waals surface area contributed by atoms with E-state index in [9.17, 15) is 17.6 Å². The first-order valence-corrected chi connectivity index (χ1v) is 8.51. The van der Waals surface area contributed by atoms with E-state index in [2.05, 4.69) is 5.32 Å². The molecule has 0 unspecified atom stereocenters. The molecule has 0 saturated carbocycles. The van der Waals surface area contributed by atoms with Gasteiger partial charge in [0.1, 0.15) is 5.82 Å². The van der Waals surface area contributed by atoms with E-state index in [1.165, 1.54) is 37.3 Å². The zero-order valence-electron chi connectivity index (χ0n) is 12.4. The molecule has 2 aromatic carbocycles. The van der Waals surface area contributed by atoms with E-state index in [0.29, 0.717) is 17.7 Å². The molecule has 1 N–H and O–H groups in total. The number of benzene rings is 2. The average molecular weight is 334 g/mol. The summed E-state index contributed by atoms with van der Waals surface area (Å²) in [5.41, 5.74) is 1.31. The van der Waals surface area contributed by atoms with Crippen LogP contribution in [0, 0.1) is 5.82 Å². The highest BCUT2D eigenvalue weighted by Gasteiger charge is 2.33. The molecule has 1 aliphatic rings. The molecular weight excluding hydrogens is 319 g/mol. The van der Waals surface area contributed by atoms with Gasteiger partial charge in [0, 0.05) is 19.2 Å². The van der Waals surface area contributed by atoms with Gasteiger partial charge in [0.25, 0.3) is 10.0 Å². The van der Waals surface area contributed by atoms with Crippen LogP contribution in [0.3, 0.4) is 0 Å². The van der Waals surface area contributed by atoms with Crippen molar-refractivity contribution >= 4 is 27.3 Å². The fraction of sp³-hybridized carbons (Fsp3) is 0.188. The molecule has 0 radical (unpaired) electrons. The van der Waals surface area contributed by atoms with Crippen LogP contribution in [0.15, 0.2) is 47.4 Å². The number of nitrogens with one attached hydrogen (secondary N) is 1. The van der Waals surface area contributed by atoms with Crippen LogP contribution in [0.25, 0.3) is 0 Å². The van der Waals surface area contributed by atoms with Crippen LogP contribution in [-0.4, -0.2) is 20.9 Å². The summed E-state index contributed by atoms with van der Waals surface area (Å²) in [7, 11) is -3.84. The molecule has 2 aromatic rings. The Morgan fingerprint density at radius 1 is 1.17 bits per heavy atom. The van der Waals surface area contributed by atoms with Crippen molar-refractivity contribution in [2.45, 2.75) is 18.2 Å². The van der Waals surface area contributed by atoms with Gasteiger partial charge in [-0.2, -0.15) is 0 Å². The average Bonchev–Trinajstić information content (AvgIpc) is 2.93. The highest BCUT2D eigenvalue weighted by Crippen LogP contribution is 2.35. The lowest BCUT2D eigenvalue weighted by Crippen LogP contribution is -2.29. The van der Waals surface area contributed by atoms with Crippen LogP contribution in [0.1, 0.15) is 12.5 Å². The maximum Gasteiger partial charge on any atom is 0.264 e. The van der Waals surface area contributed by atoms with Gasteiger partial charge in [-0.15, -0.1) is 0 Å². The minimum Gasteiger partial charge on any atom is -0.326 e. The van der Waals surface area contributed by atoms with Crippen molar-refractivity contribution in [1.29, 1.82) is 0 Å². The van der Waals surface area contributed by atoms with Crippen LogP contribution >= 0.6 is 0 Å². The molecule has 0 fully saturated rings. The van der Waals surface area contributed by atoms with E-state index >= 15 is 0 Å². The van der Waals surface area contributed by atoms with Crippen molar-refractivity contribution in [2.24, 2.45) is 0 Å². The van der Waals surface area contributed by atoms with E-state index in [0.717, 1.165) is 4.31 Å². The van der Waals surface area contributed by atoms with Crippen LogP contribution in [0.2, 0.25) is 0 Å². The van der Waals surface area contributed by atoms with E-state index in [1.807, 2.05) is 0 Å². The molecule has 1 amide bonds. The lowest BCUT2D eigenvalue weighted by atomic mass is 10.2. The Morgan fingerprint density at radius 3 is 2.52 bits per heavy atom. The van der Waals surface area contributed by atoms with Gasteiger partial charge in [0.15, 0.2) is 0 Å². The number of hydrogen-bond donors (Lipinski definition) is 1. The third-order valence-corrected chi connectivity index (χ3v) is 5.48. The molecule has 5 nitrogen and oxygen atoms in total. The molecule has 0 aliphatic carbocycles. The third-order valence-electron chi connectivity index (χ3n) is 3.67. The number of halogens is 1. The molecule has 0 spiro atoms. The highest BCUT2D eigenvalue weighted by atomic mass is 32.2. The molecule has 120 valence electrons. The number of carbonyl (C=O) groups excluding carboxylic acids is 1. The van der Waals surface area contributed by atoms with Crippen molar-refractivity contribution in [3.05, 3.63) is 53.8 Å². The maximum absolute atomic E-state index is 14.0. The predicted molar refractivity (Wildman–Crippen MR) is 85.4 cm³/mol. The summed E-state index contributed by atoms with van der Waals surface area (Å²) < 4.78 is 40.7. The van der Waals surface area contributed by atoms with Gasteiger partial charge < -0.3 is 5.32 Å².